The zero-order valence-electron chi connectivity index (χ0n) is 13.1. The molecule has 1 saturated carbocycles. The van der Waals surface area contributed by atoms with Gasteiger partial charge < -0.3 is 10.2 Å². The van der Waals surface area contributed by atoms with Crippen molar-refractivity contribution >= 4 is 23.2 Å². The zero-order valence-corrected chi connectivity index (χ0v) is 13.9. The number of likely N-dealkylation sites (tertiary alicyclic amines) is 1. The van der Waals surface area contributed by atoms with E-state index in [1.165, 1.54) is 5.56 Å². The first-order valence-corrected chi connectivity index (χ1v) is 9.24. The van der Waals surface area contributed by atoms with Gasteiger partial charge in [-0.2, -0.15) is 11.3 Å². The molecule has 1 aromatic heterocycles. The summed E-state index contributed by atoms with van der Waals surface area (Å²) in [5, 5.41) is 7.12. The minimum absolute atomic E-state index is 0.0556. The molecule has 120 valence electrons. The second-order valence-corrected chi connectivity index (χ2v) is 7.24. The van der Waals surface area contributed by atoms with Crippen LogP contribution in [0, 0.1) is 5.92 Å². The van der Waals surface area contributed by atoms with Gasteiger partial charge in [-0.25, -0.2) is 0 Å². The first-order valence-electron chi connectivity index (χ1n) is 8.30. The molecule has 1 aliphatic carbocycles. The maximum Gasteiger partial charge on any atom is 0.245 e. The summed E-state index contributed by atoms with van der Waals surface area (Å²) >= 11 is 1.67. The van der Waals surface area contributed by atoms with E-state index in [1.807, 2.05) is 11.8 Å². The second kappa shape index (κ2) is 6.82. The SMILES string of the molecule is CC(NC(=O)C1CCCC1)C(=O)N1CCCC1c1ccsc1. The summed E-state index contributed by atoms with van der Waals surface area (Å²) in [4.78, 5) is 26.9. The lowest BCUT2D eigenvalue weighted by molar-refractivity contribution is -0.137. The highest BCUT2D eigenvalue weighted by atomic mass is 32.1. The van der Waals surface area contributed by atoms with Crippen LogP contribution >= 0.6 is 11.3 Å². The van der Waals surface area contributed by atoms with Gasteiger partial charge in [0.1, 0.15) is 6.04 Å². The topological polar surface area (TPSA) is 49.4 Å². The number of amides is 2. The highest BCUT2D eigenvalue weighted by molar-refractivity contribution is 7.07. The van der Waals surface area contributed by atoms with Crippen molar-refractivity contribution in [3.63, 3.8) is 0 Å². The molecule has 2 unspecified atom stereocenters. The number of carbonyl (C=O) groups excluding carboxylic acids is 2. The lowest BCUT2D eigenvalue weighted by Crippen LogP contribution is -2.47. The van der Waals surface area contributed by atoms with Crippen LogP contribution < -0.4 is 5.32 Å². The summed E-state index contributed by atoms with van der Waals surface area (Å²) in [5.41, 5.74) is 1.23. The molecule has 4 nitrogen and oxygen atoms in total. The van der Waals surface area contributed by atoms with Gasteiger partial charge in [0.05, 0.1) is 6.04 Å². The standard InChI is InChI=1S/C17H24N2O2S/c1-12(18-16(20)13-5-2-3-6-13)17(21)19-9-4-7-15(19)14-8-10-22-11-14/h8,10-13,15H,2-7,9H2,1H3,(H,18,20). The number of nitrogens with one attached hydrogen (secondary N) is 1. The molecular weight excluding hydrogens is 296 g/mol. The van der Waals surface area contributed by atoms with Gasteiger partial charge in [-0.3, -0.25) is 9.59 Å². The summed E-state index contributed by atoms with van der Waals surface area (Å²) in [5.74, 6) is 0.228. The fourth-order valence-electron chi connectivity index (χ4n) is 3.67. The van der Waals surface area contributed by atoms with Crippen molar-refractivity contribution in [2.24, 2.45) is 5.92 Å². The van der Waals surface area contributed by atoms with Crippen molar-refractivity contribution in [1.82, 2.24) is 10.2 Å². The second-order valence-electron chi connectivity index (χ2n) is 6.46. The highest BCUT2D eigenvalue weighted by Crippen LogP contribution is 2.33. The van der Waals surface area contributed by atoms with E-state index in [1.54, 1.807) is 11.3 Å². The Morgan fingerprint density at radius 2 is 2.05 bits per heavy atom. The third kappa shape index (κ3) is 3.19. The van der Waals surface area contributed by atoms with Crippen LogP contribution in [0.15, 0.2) is 16.8 Å². The minimum Gasteiger partial charge on any atom is -0.344 e. The average Bonchev–Trinajstić information content (AvgIpc) is 3.26. The third-order valence-corrected chi connectivity index (χ3v) is 5.62. The van der Waals surface area contributed by atoms with Crippen molar-refractivity contribution in [1.29, 1.82) is 0 Å². The molecule has 2 amide bonds. The Kier molecular flexibility index (Phi) is 4.81. The molecule has 3 rings (SSSR count). The first kappa shape index (κ1) is 15.5. The number of carbonyl (C=O) groups is 2. The summed E-state index contributed by atoms with van der Waals surface area (Å²) in [6, 6.07) is 1.86. The van der Waals surface area contributed by atoms with E-state index in [2.05, 4.69) is 22.1 Å². The van der Waals surface area contributed by atoms with Gasteiger partial charge in [0.15, 0.2) is 0 Å². The maximum atomic E-state index is 12.7. The molecule has 0 spiro atoms. The fraction of sp³-hybridized carbons (Fsp3) is 0.647. The molecule has 2 fully saturated rings. The van der Waals surface area contributed by atoms with E-state index >= 15 is 0 Å². The van der Waals surface area contributed by atoms with Crippen LogP contribution in [0.5, 0.6) is 0 Å². The Bertz CT molecular complexity index is 523. The van der Waals surface area contributed by atoms with E-state index in [-0.39, 0.29) is 23.8 Å². The molecule has 0 radical (unpaired) electrons. The first-order chi connectivity index (χ1) is 10.7. The lowest BCUT2D eigenvalue weighted by Gasteiger charge is -2.28. The molecule has 1 N–H and O–H groups in total. The monoisotopic (exact) mass is 320 g/mol. The lowest BCUT2D eigenvalue weighted by atomic mass is 10.1. The van der Waals surface area contributed by atoms with E-state index in [0.717, 1.165) is 45.1 Å². The molecule has 2 atom stereocenters. The van der Waals surface area contributed by atoms with Crippen LogP contribution in [0.3, 0.4) is 0 Å². The Morgan fingerprint density at radius 1 is 1.27 bits per heavy atom. The number of rotatable bonds is 4. The molecule has 2 heterocycles. The smallest absolute Gasteiger partial charge is 0.245 e. The van der Waals surface area contributed by atoms with Crippen molar-refractivity contribution < 1.29 is 9.59 Å². The molecule has 0 bridgehead atoms. The van der Waals surface area contributed by atoms with Crippen LogP contribution in [-0.4, -0.2) is 29.3 Å². The summed E-state index contributed by atoms with van der Waals surface area (Å²) in [6.07, 6.45) is 6.25. The van der Waals surface area contributed by atoms with Crippen LogP contribution in [-0.2, 0) is 9.59 Å². The van der Waals surface area contributed by atoms with Crippen LogP contribution in [0.4, 0.5) is 0 Å². The highest BCUT2D eigenvalue weighted by Gasteiger charge is 2.34. The predicted octanol–water partition coefficient (Wildman–Crippen LogP) is 3.11. The molecule has 2 aliphatic rings. The number of thiophene rings is 1. The van der Waals surface area contributed by atoms with Crippen molar-refractivity contribution in [3.05, 3.63) is 22.4 Å². The number of nitrogens with zero attached hydrogens (tertiary/aromatic N) is 1. The summed E-state index contributed by atoms with van der Waals surface area (Å²) in [6.45, 7) is 2.61. The third-order valence-electron chi connectivity index (χ3n) is 4.92. The van der Waals surface area contributed by atoms with E-state index in [4.69, 9.17) is 0 Å². The minimum atomic E-state index is -0.424. The van der Waals surface area contributed by atoms with E-state index in [9.17, 15) is 9.59 Å². The van der Waals surface area contributed by atoms with E-state index in [0.29, 0.717) is 0 Å². The quantitative estimate of drug-likeness (QED) is 0.927. The zero-order chi connectivity index (χ0) is 15.5. The van der Waals surface area contributed by atoms with Crippen molar-refractivity contribution in [2.45, 2.75) is 57.5 Å². The number of hydrogen-bond acceptors (Lipinski definition) is 3. The normalized spacial score (nSPS) is 23.7. The van der Waals surface area contributed by atoms with Gasteiger partial charge in [0, 0.05) is 12.5 Å². The van der Waals surface area contributed by atoms with Gasteiger partial charge in [-0.15, -0.1) is 0 Å². The summed E-state index contributed by atoms with van der Waals surface area (Å²) < 4.78 is 0. The number of hydrogen-bond donors (Lipinski definition) is 1. The molecule has 5 heteroatoms. The molecular formula is C17H24N2O2S. The van der Waals surface area contributed by atoms with Crippen LogP contribution in [0.2, 0.25) is 0 Å². The van der Waals surface area contributed by atoms with Gasteiger partial charge in [0.2, 0.25) is 11.8 Å². The summed E-state index contributed by atoms with van der Waals surface area (Å²) in [7, 11) is 0. The Morgan fingerprint density at radius 3 is 2.73 bits per heavy atom. The van der Waals surface area contributed by atoms with Gasteiger partial charge in [-0.1, -0.05) is 12.8 Å². The largest absolute Gasteiger partial charge is 0.344 e. The van der Waals surface area contributed by atoms with Crippen molar-refractivity contribution in [3.8, 4) is 0 Å². The van der Waals surface area contributed by atoms with Crippen LogP contribution in [0.25, 0.3) is 0 Å². The van der Waals surface area contributed by atoms with Gasteiger partial charge >= 0.3 is 0 Å². The van der Waals surface area contributed by atoms with Crippen molar-refractivity contribution in [2.75, 3.05) is 6.54 Å². The van der Waals surface area contributed by atoms with E-state index < -0.39 is 6.04 Å². The Balaban J connectivity index is 1.61. The van der Waals surface area contributed by atoms with Crippen LogP contribution in [0.1, 0.15) is 57.1 Å². The Hall–Kier alpha value is -1.36. The molecule has 1 aromatic rings. The molecule has 1 aliphatic heterocycles. The van der Waals surface area contributed by atoms with Gasteiger partial charge in [0.25, 0.3) is 0 Å². The molecule has 0 aromatic carbocycles. The fourth-order valence-corrected chi connectivity index (χ4v) is 4.38. The molecule has 1 saturated heterocycles. The maximum absolute atomic E-state index is 12.7. The average molecular weight is 320 g/mol. The van der Waals surface area contributed by atoms with Gasteiger partial charge in [-0.05, 0) is 55.0 Å². The molecule has 22 heavy (non-hydrogen) atoms. The predicted molar refractivity (Wildman–Crippen MR) is 87.6 cm³/mol. The Labute approximate surface area is 135 Å².